The molecule has 0 bridgehead atoms. The molecule has 1 aromatic carbocycles. The summed E-state index contributed by atoms with van der Waals surface area (Å²) in [5.74, 6) is -0.319. The molecule has 1 heterocycles. The predicted molar refractivity (Wildman–Crippen MR) is 53.0 cm³/mol. The smallest absolute Gasteiger partial charge is 0.125 e. The normalized spacial score (nSPS) is 9.93. The van der Waals surface area contributed by atoms with Crippen molar-refractivity contribution in [2.75, 3.05) is 0 Å². The van der Waals surface area contributed by atoms with Crippen LogP contribution in [0.25, 0.3) is 5.69 Å². The first-order valence-electron chi connectivity index (χ1n) is 4.43. The molecule has 15 heavy (non-hydrogen) atoms. The first-order chi connectivity index (χ1) is 7.22. The summed E-state index contributed by atoms with van der Waals surface area (Å²) in [4.78, 5) is 0. The average Bonchev–Trinajstić information content (AvgIpc) is 2.59. The highest BCUT2D eigenvalue weighted by molar-refractivity contribution is 5.39. The Balaban J connectivity index is 2.56. The highest BCUT2D eigenvalue weighted by Crippen LogP contribution is 2.14. The molecule has 0 aliphatic rings. The van der Waals surface area contributed by atoms with Crippen molar-refractivity contribution in [2.24, 2.45) is 0 Å². The van der Waals surface area contributed by atoms with Gasteiger partial charge in [-0.1, -0.05) is 6.07 Å². The fourth-order valence-corrected chi connectivity index (χ4v) is 1.39. The van der Waals surface area contributed by atoms with Gasteiger partial charge in [0.15, 0.2) is 0 Å². The minimum Gasteiger partial charge on any atom is -0.237 e. The van der Waals surface area contributed by atoms with E-state index in [0.717, 1.165) is 0 Å². The van der Waals surface area contributed by atoms with Gasteiger partial charge in [0.2, 0.25) is 0 Å². The van der Waals surface area contributed by atoms with Crippen LogP contribution in [0, 0.1) is 24.1 Å². The number of rotatable bonds is 1. The highest BCUT2D eigenvalue weighted by Gasteiger charge is 2.07. The van der Waals surface area contributed by atoms with Crippen LogP contribution in [0.15, 0.2) is 30.5 Å². The molecule has 0 radical (unpaired) electrons. The predicted octanol–water partition coefficient (Wildman–Crippen LogP) is 2.19. The van der Waals surface area contributed by atoms with E-state index in [1.54, 1.807) is 23.7 Å². The Bertz CT molecular complexity index is 537. The van der Waals surface area contributed by atoms with Crippen LogP contribution < -0.4 is 0 Å². The Labute approximate surface area is 86.4 Å². The molecule has 0 N–H and O–H groups in total. The van der Waals surface area contributed by atoms with Gasteiger partial charge in [-0.15, -0.1) is 0 Å². The lowest BCUT2D eigenvalue weighted by molar-refractivity contribution is 0.625. The summed E-state index contributed by atoms with van der Waals surface area (Å²) in [5, 5.41) is 12.8. The van der Waals surface area contributed by atoms with Crippen LogP contribution in [0.2, 0.25) is 0 Å². The second kappa shape index (κ2) is 3.54. The van der Waals surface area contributed by atoms with Gasteiger partial charge in [-0.05, 0) is 25.1 Å². The number of aromatic nitrogens is 2. The lowest BCUT2D eigenvalue weighted by Crippen LogP contribution is -1.99. The summed E-state index contributed by atoms with van der Waals surface area (Å²) < 4.78 is 14.5. The fraction of sp³-hybridized carbons (Fsp3) is 0.0909. The van der Waals surface area contributed by atoms with E-state index in [1.807, 2.05) is 6.07 Å². The standard InChI is InChI=1S/C11H8FN3/c1-8-9(6-13)7-14-15(8)11-4-2-3-10(12)5-11/h2-5,7H,1H3. The minimum absolute atomic E-state index is 0.319. The Kier molecular flexibility index (Phi) is 2.22. The second-order valence-electron chi connectivity index (χ2n) is 3.15. The van der Waals surface area contributed by atoms with Crippen molar-refractivity contribution in [3.63, 3.8) is 0 Å². The van der Waals surface area contributed by atoms with Gasteiger partial charge in [-0.3, -0.25) is 0 Å². The molecule has 4 heteroatoms. The van der Waals surface area contributed by atoms with Crippen LogP contribution in [0.5, 0.6) is 0 Å². The molecule has 0 unspecified atom stereocenters. The highest BCUT2D eigenvalue weighted by atomic mass is 19.1. The number of hydrogen-bond donors (Lipinski definition) is 0. The van der Waals surface area contributed by atoms with Crippen LogP contribution >= 0.6 is 0 Å². The largest absolute Gasteiger partial charge is 0.237 e. The fourth-order valence-electron chi connectivity index (χ4n) is 1.39. The van der Waals surface area contributed by atoms with Crippen LogP contribution in [-0.4, -0.2) is 9.78 Å². The van der Waals surface area contributed by atoms with Gasteiger partial charge in [0.05, 0.1) is 23.1 Å². The lowest BCUT2D eigenvalue weighted by Gasteiger charge is -2.03. The second-order valence-corrected chi connectivity index (χ2v) is 3.15. The minimum atomic E-state index is -0.319. The van der Waals surface area contributed by atoms with Gasteiger partial charge in [0.1, 0.15) is 11.9 Å². The van der Waals surface area contributed by atoms with Crippen molar-refractivity contribution in [1.82, 2.24) is 9.78 Å². The van der Waals surface area contributed by atoms with E-state index in [1.165, 1.54) is 18.3 Å². The van der Waals surface area contributed by atoms with Crippen molar-refractivity contribution in [3.05, 3.63) is 47.5 Å². The molecule has 0 aliphatic carbocycles. The maximum atomic E-state index is 13.0. The van der Waals surface area contributed by atoms with Crippen molar-refractivity contribution < 1.29 is 4.39 Å². The van der Waals surface area contributed by atoms with Gasteiger partial charge in [0.25, 0.3) is 0 Å². The van der Waals surface area contributed by atoms with Gasteiger partial charge in [-0.25, -0.2) is 9.07 Å². The van der Waals surface area contributed by atoms with Crippen molar-refractivity contribution in [3.8, 4) is 11.8 Å². The van der Waals surface area contributed by atoms with E-state index in [4.69, 9.17) is 5.26 Å². The van der Waals surface area contributed by atoms with Crippen LogP contribution in [0.3, 0.4) is 0 Å². The van der Waals surface area contributed by atoms with E-state index in [2.05, 4.69) is 5.10 Å². The van der Waals surface area contributed by atoms with Crippen LogP contribution in [0.1, 0.15) is 11.3 Å². The molecule has 0 saturated heterocycles. The summed E-state index contributed by atoms with van der Waals surface area (Å²) >= 11 is 0. The van der Waals surface area contributed by atoms with Crippen molar-refractivity contribution >= 4 is 0 Å². The van der Waals surface area contributed by atoms with E-state index in [0.29, 0.717) is 16.9 Å². The maximum absolute atomic E-state index is 13.0. The SMILES string of the molecule is Cc1c(C#N)cnn1-c1cccc(F)c1. The van der Waals surface area contributed by atoms with Gasteiger partial charge in [-0.2, -0.15) is 10.4 Å². The molecule has 3 nitrogen and oxygen atoms in total. The Hall–Kier alpha value is -2.15. The quantitative estimate of drug-likeness (QED) is 0.709. The van der Waals surface area contributed by atoms with Crippen LogP contribution in [0.4, 0.5) is 4.39 Å². The zero-order valence-corrected chi connectivity index (χ0v) is 8.11. The van der Waals surface area contributed by atoms with Crippen molar-refractivity contribution in [2.45, 2.75) is 6.92 Å². The Morgan fingerprint density at radius 2 is 2.27 bits per heavy atom. The topological polar surface area (TPSA) is 41.6 Å². The average molecular weight is 201 g/mol. The third-order valence-electron chi connectivity index (χ3n) is 2.18. The molecule has 0 spiro atoms. The lowest BCUT2D eigenvalue weighted by atomic mass is 10.2. The molecule has 0 aliphatic heterocycles. The summed E-state index contributed by atoms with van der Waals surface area (Å²) in [5.41, 5.74) is 1.83. The van der Waals surface area contributed by atoms with Gasteiger partial charge in [0, 0.05) is 0 Å². The van der Waals surface area contributed by atoms with E-state index in [-0.39, 0.29) is 5.82 Å². The summed E-state index contributed by atoms with van der Waals surface area (Å²) in [6, 6.07) is 8.12. The molecule has 0 fully saturated rings. The number of nitrogens with zero attached hydrogens (tertiary/aromatic N) is 3. The van der Waals surface area contributed by atoms with Crippen LogP contribution in [-0.2, 0) is 0 Å². The molecule has 1 aromatic heterocycles. The molecule has 2 rings (SSSR count). The van der Waals surface area contributed by atoms with Gasteiger partial charge >= 0.3 is 0 Å². The van der Waals surface area contributed by atoms with Crippen molar-refractivity contribution in [1.29, 1.82) is 5.26 Å². The summed E-state index contributed by atoms with van der Waals surface area (Å²) in [6.07, 6.45) is 1.47. The molecular formula is C11H8FN3. The number of hydrogen-bond acceptors (Lipinski definition) is 2. The molecule has 0 atom stereocenters. The first kappa shape index (κ1) is 9.41. The van der Waals surface area contributed by atoms with Gasteiger partial charge < -0.3 is 0 Å². The number of halogens is 1. The summed E-state index contributed by atoms with van der Waals surface area (Å²) in [6.45, 7) is 1.77. The van der Waals surface area contributed by atoms with E-state index < -0.39 is 0 Å². The number of benzene rings is 1. The van der Waals surface area contributed by atoms with E-state index in [9.17, 15) is 4.39 Å². The molecule has 74 valence electrons. The molecular weight excluding hydrogens is 193 g/mol. The maximum Gasteiger partial charge on any atom is 0.125 e. The zero-order chi connectivity index (χ0) is 10.8. The molecule has 0 amide bonds. The Morgan fingerprint density at radius 1 is 1.47 bits per heavy atom. The first-order valence-corrected chi connectivity index (χ1v) is 4.43. The Morgan fingerprint density at radius 3 is 2.87 bits per heavy atom. The third-order valence-corrected chi connectivity index (χ3v) is 2.18. The monoisotopic (exact) mass is 201 g/mol. The zero-order valence-electron chi connectivity index (χ0n) is 8.11. The van der Waals surface area contributed by atoms with E-state index >= 15 is 0 Å². The number of nitriles is 1. The molecule has 0 saturated carbocycles. The third kappa shape index (κ3) is 1.59. The molecule has 2 aromatic rings. The summed E-state index contributed by atoms with van der Waals surface area (Å²) in [7, 11) is 0.